The summed E-state index contributed by atoms with van der Waals surface area (Å²) in [5, 5.41) is 16.4. The van der Waals surface area contributed by atoms with Gasteiger partial charge in [0.2, 0.25) is 10.0 Å². The van der Waals surface area contributed by atoms with Crippen molar-refractivity contribution < 1.29 is 23.1 Å². The van der Waals surface area contributed by atoms with E-state index in [1.165, 1.54) is 17.8 Å². The van der Waals surface area contributed by atoms with Gasteiger partial charge in [0.25, 0.3) is 5.91 Å². The molecule has 1 atom stereocenters. The predicted molar refractivity (Wildman–Crippen MR) is 75.1 cm³/mol. The van der Waals surface area contributed by atoms with Gasteiger partial charge in [0.1, 0.15) is 16.6 Å². The Bertz CT molecular complexity index is 648. The molecule has 0 aromatic carbocycles. The lowest BCUT2D eigenvalue weighted by molar-refractivity contribution is -0.139. The first-order valence-electron chi connectivity index (χ1n) is 6.25. The summed E-state index contributed by atoms with van der Waals surface area (Å²) < 4.78 is 23.8. The van der Waals surface area contributed by atoms with Crippen molar-refractivity contribution in [3.63, 3.8) is 0 Å². The molecule has 0 fully saturated rings. The van der Waals surface area contributed by atoms with Gasteiger partial charge < -0.3 is 15.0 Å². The van der Waals surface area contributed by atoms with Gasteiger partial charge in [-0.2, -0.15) is 0 Å². The van der Waals surface area contributed by atoms with Crippen molar-refractivity contribution in [2.45, 2.75) is 31.2 Å². The van der Waals surface area contributed by atoms with Gasteiger partial charge in [-0.1, -0.05) is 13.8 Å². The van der Waals surface area contributed by atoms with E-state index in [-0.39, 0.29) is 22.9 Å². The number of hydrogen-bond donors (Lipinski definition) is 3. The van der Waals surface area contributed by atoms with Crippen molar-refractivity contribution in [3.05, 3.63) is 18.0 Å². The zero-order valence-electron chi connectivity index (χ0n) is 12.0. The van der Waals surface area contributed by atoms with Crippen LogP contribution in [0.5, 0.6) is 0 Å². The van der Waals surface area contributed by atoms with Gasteiger partial charge in [-0.15, -0.1) is 0 Å². The number of hydrogen-bond acceptors (Lipinski definition) is 4. The second-order valence-corrected chi connectivity index (χ2v) is 6.77. The first kappa shape index (κ1) is 17.2. The highest BCUT2D eigenvalue weighted by Crippen LogP contribution is 2.13. The van der Waals surface area contributed by atoms with Crippen LogP contribution in [-0.2, 0) is 21.9 Å². The summed E-state index contributed by atoms with van der Waals surface area (Å²) in [6.07, 6.45) is 1.47. The molecular formula is C12H19N3O5S. The molecule has 1 aromatic heterocycles. The zero-order chi connectivity index (χ0) is 16.4. The Morgan fingerprint density at radius 2 is 2.00 bits per heavy atom. The highest BCUT2D eigenvalue weighted by molar-refractivity contribution is 7.89. The normalized spacial score (nSPS) is 13.2. The molecule has 1 amide bonds. The van der Waals surface area contributed by atoms with Crippen molar-refractivity contribution >= 4 is 21.9 Å². The maximum Gasteiger partial charge on any atom is 0.326 e. The van der Waals surface area contributed by atoms with Crippen molar-refractivity contribution in [2.75, 3.05) is 0 Å². The van der Waals surface area contributed by atoms with Gasteiger partial charge in [0.15, 0.2) is 0 Å². The van der Waals surface area contributed by atoms with E-state index in [4.69, 9.17) is 10.2 Å². The summed E-state index contributed by atoms with van der Waals surface area (Å²) in [7, 11) is -2.44. The largest absolute Gasteiger partial charge is 0.480 e. The van der Waals surface area contributed by atoms with Gasteiger partial charge in [-0.3, -0.25) is 4.79 Å². The number of aromatic nitrogens is 1. The van der Waals surface area contributed by atoms with Gasteiger partial charge in [-0.25, -0.2) is 18.4 Å². The van der Waals surface area contributed by atoms with Crippen molar-refractivity contribution in [1.82, 2.24) is 9.88 Å². The minimum atomic E-state index is -3.92. The first-order chi connectivity index (χ1) is 9.52. The molecule has 118 valence electrons. The fourth-order valence-electron chi connectivity index (χ4n) is 1.84. The average molecular weight is 317 g/mol. The number of amides is 1. The van der Waals surface area contributed by atoms with Gasteiger partial charge in [0, 0.05) is 13.2 Å². The fourth-order valence-corrected chi connectivity index (χ4v) is 2.42. The number of nitrogens with one attached hydrogen (secondary N) is 1. The topological polar surface area (TPSA) is 131 Å². The van der Waals surface area contributed by atoms with Crippen LogP contribution in [0.3, 0.4) is 0 Å². The van der Waals surface area contributed by atoms with E-state index < -0.39 is 27.9 Å². The highest BCUT2D eigenvalue weighted by Gasteiger charge is 2.24. The standard InChI is InChI=1S/C12H19N3O5S/c1-7(2)4-9(12(17)18)14-11(16)10-5-8(6-15(10)3)21(13,19)20/h5-7,9H,4H2,1-3H3,(H,14,16)(H,17,18)(H2,13,19,20)/t9-/m0/s1. The maximum absolute atomic E-state index is 12.1. The van der Waals surface area contributed by atoms with E-state index in [1.54, 1.807) is 0 Å². The summed E-state index contributed by atoms with van der Waals surface area (Å²) in [4.78, 5) is 23.0. The molecule has 0 bridgehead atoms. The third-order valence-corrected chi connectivity index (χ3v) is 3.73. The van der Waals surface area contributed by atoms with Crippen LogP contribution in [0.1, 0.15) is 30.8 Å². The molecule has 4 N–H and O–H groups in total. The molecule has 0 unspecified atom stereocenters. The van der Waals surface area contributed by atoms with E-state index in [0.29, 0.717) is 0 Å². The predicted octanol–water partition coefficient (Wildman–Crippen LogP) is -0.0984. The lowest BCUT2D eigenvalue weighted by atomic mass is 10.0. The Morgan fingerprint density at radius 3 is 2.38 bits per heavy atom. The number of aliphatic carboxylic acids is 1. The highest BCUT2D eigenvalue weighted by atomic mass is 32.2. The fraction of sp³-hybridized carbons (Fsp3) is 0.500. The second-order valence-electron chi connectivity index (χ2n) is 5.21. The summed E-state index contributed by atoms with van der Waals surface area (Å²) in [6.45, 7) is 3.67. The number of nitrogens with zero attached hydrogens (tertiary/aromatic N) is 1. The van der Waals surface area contributed by atoms with E-state index in [1.807, 2.05) is 13.8 Å². The van der Waals surface area contributed by atoms with Crippen molar-refractivity contribution in [2.24, 2.45) is 18.1 Å². The van der Waals surface area contributed by atoms with Crippen LogP contribution in [0.25, 0.3) is 0 Å². The second kappa shape index (κ2) is 6.27. The first-order valence-corrected chi connectivity index (χ1v) is 7.79. The van der Waals surface area contributed by atoms with Gasteiger partial charge in [0.05, 0.1) is 0 Å². The molecule has 0 saturated heterocycles. The minimum Gasteiger partial charge on any atom is -0.480 e. The van der Waals surface area contributed by atoms with Gasteiger partial charge >= 0.3 is 5.97 Å². The number of primary sulfonamides is 1. The summed E-state index contributed by atoms with van der Waals surface area (Å²) in [6, 6.07) is 0.0733. The number of carbonyl (C=O) groups is 2. The Labute approximate surface area is 123 Å². The monoisotopic (exact) mass is 317 g/mol. The molecule has 21 heavy (non-hydrogen) atoms. The lowest BCUT2D eigenvalue weighted by Crippen LogP contribution is -2.42. The molecule has 0 aliphatic heterocycles. The lowest BCUT2D eigenvalue weighted by Gasteiger charge is -2.16. The molecule has 8 nitrogen and oxygen atoms in total. The van der Waals surface area contributed by atoms with Crippen LogP contribution in [0.2, 0.25) is 0 Å². The van der Waals surface area contributed by atoms with Crippen LogP contribution >= 0.6 is 0 Å². The molecule has 0 spiro atoms. The smallest absolute Gasteiger partial charge is 0.326 e. The Morgan fingerprint density at radius 1 is 1.43 bits per heavy atom. The summed E-state index contributed by atoms with van der Waals surface area (Å²) >= 11 is 0. The van der Waals surface area contributed by atoms with Crippen molar-refractivity contribution in [3.8, 4) is 0 Å². The number of rotatable bonds is 6. The van der Waals surface area contributed by atoms with Crippen LogP contribution in [0.4, 0.5) is 0 Å². The molecule has 0 saturated carbocycles. The maximum atomic E-state index is 12.1. The van der Waals surface area contributed by atoms with E-state index >= 15 is 0 Å². The van der Waals surface area contributed by atoms with Crippen LogP contribution < -0.4 is 10.5 Å². The Kier molecular flexibility index (Phi) is 5.13. The SMILES string of the molecule is CC(C)C[C@H](NC(=O)c1cc(S(N)(=O)=O)cn1C)C(=O)O. The molecular weight excluding hydrogens is 298 g/mol. The van der Waals surface area contributed by atoms with E-state index in [2.05, 4.69) is 5.32 Å². The number of carbonyl (C=O) groups excluding carboxylic acids is 1. The molecule has 0 radical (unpaired) electrons. The molecule has 1 rings (SSSR count). The zero-order valence-corrected chi connectivity index (χ0v) is 12.8. The quantitative estimate of drug-likeness (QED) is 0.674. The number of sulfonamides is 1. The molecule has 1 aromatic rings. The number of aryl methyl sites for hydroxylation is 1. The summed E-state index contributed by atoms with van der Waals surface area (Å²) in [5.74, 6) is -1.72. The third-order valence-electron chi connectivity index (χ3n) is 2.85. The molecule has 9 heteroatoms. The van der Waals surface area contributed by atoms with Crippen LogP contribution in [-0.4, -0.2) is 36.0 Å². The van der Waals surface area contributed by atoms with Crippen molar-refractivity contribution in [1.29, 1.82) is 0 Å². The molecule has 0 aliphatic rings. The number of nitrogens with two attached hydrogens (primary N) is 1. The number of carboxylic acids is 1. The third kappa shape index (κ3) is 4.57. The molecule has 0 aliphatic carbocycles. The number of carboxylic acid groups (broad SMARTS) is 1. The Hall–Kier alpha value is -1.87. The van der Waals surface area contributed by atoms with E-state index in [0.717, 1.165) is 6.07 Å². The van der Waals surface area contributed by atoms with Gasteiger partial charge in [-0.05, 0) is 18.4 Å². The van der Waals surface area contributed by atoms with Crippen LogP contribution in [0.15, 0.2) is 17.2 Å². The minimum absolute atomic E-state index is 0.0223. The molecule has 1 heterocycles. The van der Waals surface area contributed by atoms with Crippen LogP contribution in [0, 0.1) is 5.92 Å². The summed E-state index contributed by atoms with van der Waals surface area (Å²) in [5.41, 5.74) is 0.0223. The van der Waals surface area contributed by atoms with E-state index in [9.17, 15) is 18.0 Å². The Balaban J connectivity index is 2.98. The average Bonchev–Trinajstić information content (AvgIpc) is 2.69.